The maximum absolute atomic E-state index is 11.5. The van der Waals surface area contributed by atoms with Crippen LogP contribution in [0.4, 0.5) is 0 Å². The van der Waals surface area contributed by atoms with Gasteiger partial charge in [-0.05, 0) is 25.2 Å². The third-order valence-corrected chi connectivity index (χ3v) is 3.17. The van der Waals surface area contributed by atoms with Crippen molar-refractivity contribution in [1.29, 1.82) is 0 Å². The molecule has 1 rings (SSSR count). The van der Waals surface area contributed by atoms with Crippen LogP contribution in [0.5, 0.6) is 0 Å². The van der Waals surface area contributed by atoms with E-state index in [-0.39, 0.29) is 5.91 Å². The summed E-state index contributed by atoms with van der Waals surface area (Å²) < 4.78 is 0. The minimum Gasteiger partial charge on any atom is -0.356 e. The molecule has 1 aliphatic heterocycles. The Morgan fingerprint density at radius 3 is 2.69 bits per heavy atom. The zero-order valence-electron chi connectivity index (χ0n) is 8.81. The first-order valence-corrected chi connectivity index (χ1v) is 5.55. The molecule has 0 aromatic rings. The monoisotopic (exact) mass is 183 g/mol. The fourth-order valence-corrected chi connectivity index (χ4v) is 2.08. The summed E-state index contributed by atoms with van der Waals surface area (Å²) in [5.74, 6) is 1.34. The van der Waals surface area contributed by atoms with Gasteiger partial charge in [-0.3, -0.25) is 4.79 Å². The van der Waals surface area contributed by atoms with Crippen LogP contribution in [0.3, 0.4) is 0 Å². The van der Waals surface area contributed by atoms with Crippen LogP contribution >= 0.6 is 0 Å². The lowest BCUT2D eigenvalue weighted by Gasteiger charge is -2.25. The molecule has 2 nitrogen and oxygen atoms in total. The maximum Gasteiger partial charge on any atom is 0.223 e. The summed E-state index contributed by atoms with van der Waals surface area (Å²) in [7, 11) is 0. The summed E-state index contributed by atoms with van der Waals surface area (Å²) in [5, 5.41) is 2.95. The van der Waals surface area contributed by atoms with Crippen LogP contribution < -0.4 is 5.32 Å². The molecule has 1 unspecified atom stereocenters. The summed E-state index contributed by atoms with van der Waals surface area (Å²) in [6, 6.07) is 0. The highest BCUT2D eigenvalue weighted by molar-refractivity contribution is 5.79. The van der Waals surface area contributed by atoms with Gasteiger partial charge in [-0.2, -0.15) is 0 Å². The summed E-state index contributed by atoms with van der Waals surface area (Å²) in [6.45, 7) is 5.32. The molecule has 1 amide bonds. The Balaban J connectivity index is 2.36. The van der Waals surface area contributed by atoms with Gasteiger partial charge in [0, 0.05) is 12.5 Å². The van der Waals surface area contributed by atoms with Crippen LogP contribution in [0.2, 0.25) is 0 Å². The highest BCUT2D eigenvalue weighted by Gasteiger charge is 2.23. The molecule has 0 saturated carbocycles. The van der Waals surface area contributed by atoms with E-state index in [4.69, 9.17) is 0 Å². The minimum atomic E-state index is 0.290. The van der Waals surface area contributed by atoms with E-state index in [9.17, 15) is 4.79 Å². The van der Waals surface area contributed by atoms with E-state index in [1.54, 1.807) is 0 Å². The highest BCUT2D eigenvalue weighted by atomic mass is 16.1. The third-order valence-electron chi connectivity index (χ3n) is 3.17. The van der Waals surface area contributed by atoms with E-state index < -0.39 is 0 Å². The SMILES string of the molecule is CCC(CC)CC1CCCNC1=O. The number of hydrogen-bond acceptors (Lipinski definition) is 1. The summed E-state index contributed by atoms with van der Waals surface area (Å²) in [4.78, 5) is 11.5. The molecule has 0 aromatic heterocycles. The lowest BCUT2D eigenvalue weighted by molar-refractivity contribution is -0.127. The Labute approximate surface area is 81.1 Å². The lowest BCUT2D eigenvalue weighted by atomic mass is 9.86. The van der Waals surface area contributed by atoms with Crippen LogP contribution in [0.15, 0.2) is 0 Å². The molecule has 2 heteroatoms. The van der Waals surface area contributed by atoms with Crippen LogP contribution in [-0.4, -0.2) is 12.5 Å². The fraction of sp³-hybridized carbons (Fsp3) is 0.909. The molecule has 1 fully saturated rings. The third kappa shape index (κ3) is 3.02. The van der Waals surface area contributed by atoms with E-state index >= 15 is 0 Å². The quantitative estimate of drug-likeness (QED) is 0.712. The van der Waals surface area contributed by atoms with Gasteiger partial charge >= 0.3 is 0 Å². The molecule has 0 radical (unpaired) electrons. The van der Waals surface area contributed by atoms with Crippen LogP contribution in [0.25, 0.3) is 0 Å². The number of piperidine rings is 1. The number of carbonyl (C=O) groups is 1. The highest BCUT2D eigenvalue weighted by Crippen LogP contribution is 2.24. The van der Waals surface area contributed by atoms with Crippen molar-refractivity contribution < 1.29 is 4.79 Å². The summed E-state index contributed by atoms with van der Waals surface area (Å²) in [5.41, 5.74) is 0. The Morgan fingerprint density at radius 1 is 1.46 bits per heavy atom. The van der Waals surface area contributed by atoms with Gasteiger partial charge in [0.05, 0.1) is 0 Å². The van der Waals surface area contributed by atoms with Crippen molar-refractivity contribution in [2.75, 3.05) is 6.54 Å². The van der Waals surface area contributed by atoms with Gasteiger partial charge in [0.2, 0.25) is 5.91 Å². The number of rotatable bonds is 4. The first-order chi connectivity index (χ1) is 6.27. The smallest absolute Gasteiger partial charge is 0.223 e. The first-order valence-electron chi connectivity index (χ1n) is 5.55. The topological polar surface area (TPSA) is 29.1 Å². The van der Waals surface area contributed by atoms with Crippen molar-refractivity contribution in [2.24, 2.45) is 11.8 Å². The van der Waals surface area contributed by atoms with Gasteiger partial charge in [0.25, 0.3) is 0 Å². The summed E-state index contributed by atoms with van der Waals surface area (Å²) in [6.07, 6.45) is 5.78. The molecule has 1 N–H and O–H groups in total. The summed E-state index contributed by atoms with van der Waals surface area (Å²) >= 11 is 0. The van der Waals surface area contributed by atoms with Gasteiger partial charge in [-0.1, -0.05) is 26.7 Å². The van der Waals surface area contributed by atoms with Crippen molar-refractivity contribution in [1.82, 2.24) is 5.32 Å². The predicted molar refractivity (Wildman–Crippen MR) is 54.4 cm³/mol. The zero-order chi connectivity index (χ0) is 9.68. The van der Waals surface area contributed by atoms with Crippen molar-refractivity contribution in [3.05, 3.63) is 0 Å². The van der Waals surface area contributed by atoms with Crippen molar-refractivity contribution in [3.63, 3.8) is 0 Å². The normalized spacial score (nSPS) is 23.3. The molecular weight excluding hydrogens is 162 g/mol. The number of carbonyl (C=O) groups excluding carboxylic acids is 1. The standard InChI is InChI=1S/C11H21NO/c1-3-9(4-2)8-10-6-5-7-12-11(10)13/h9-10H,3-8H2,1-2H3,(H,12,13). The predicted octanol–water partition coefficient (Wildman–Crippen LogP) is 2.34. The van der Waals surface area contributed by atoms with Crippen molar-refractivity contribution >= 4 is 5.91 Å². The van der Waals surface area contributed by atoms with E-state index in [2.05, 4.69) is 19.2 Å². The van der Waals surface area contributed by atoms with Gasteiger partial charge in [0.15, 0.2) is 0 Å². The number of amides is 1. The molecule has 1 aliphatic rings. The average Bonchev–Trinajstić information content (AvgIpc) is 2.17. The molecule has 0 aliphatic carbocycles. The fourth-order valence-electron chi connectivity index (χ4n) is 2.08. The molecule has 1 atom stereocenters. The van der Waals surface area contributed by atoms with Gasteiger partial charge in [-0.25, -0.2) is 0 Å². The number of hydrogen-bond donors (Lipinski definition) is 1. The first kappa shape index (κ1) is 10.6. The Hall–Kier alpha value is -0.530. The van der Waals surface area contributed by atoms with E-state index in [1.807, 2.05) is 0 Å². The van der Waals surface area contributed by atoms with Crippen LogP contribution in [0.1, 0.15) is 46.0 Å². The second kappa shape index (κ2) is 5.25. The Bertz CT molecular complexity index is 163. The second-order valence-electron chi connectivity index (χ2n) is 4.05. The molecule has 0 bridgehead atoms. The zero-order valence-corrected chi connectivity index (χ0v) is 8.81. The van der Waals surface area contributed by atoms with Gasteiger partial charge < -0.3 is 5.32 Å². The van der Waals surface area contributed by atoms with Gasteiger partial charge in [-0.15, -0.1) is 0 Å². The molecule has 0 aromatic carbocycles. The molecular formula is C11H21NO. The average molecular weight is 183 g/mol. The Kier molecular flexibility index (Phi) is 4.26. The maximum atomic E-state index is 11.5. The van der Waals surface area contributed by atoms with E-state index in [1.165, 1.54) is 12.8 Å². The largest absolute Gasteiger partial charge is 0.356 e. The second-order valence-corrected chi connectivity index (χ2v) is 4.05. The molecule has 1 saturated heterocycles. The van der Waals surface area contributed by atoms with Crippen LogP contribution in [-0.2, 0) is 4.79 Å². The van der Waals surface area contributed by atoms with E-state index in [0.717, 1.165) is 31.7 Å². The molecule has 13 heavy (non-hydrogen) atoms. The van der Waals surface area contributed by atoms with Gasteiger partial charge in [0.1, 0.15) is 0 Å². The molecule has 76 valence electrons. The lowest BCUT2D eigenvalue weighted by Crippen LogP contribution is -2.37. The Morgan fingerprint density at radius 2 is 2.15 bits per heavy atom. The van der Waals surface area contributed by atoms with E-state index in [0.29, 0.717) is 5.92 Å². The number of nitrogens with one attached hydrogen (secondary N) is 1. The molecule has 1 heterocycles. The molecule has 0 spiro atoms. The van der Waals surface area contributed by atoms with Crippen molar-refractivity contribution in [2.45, 2.75) is 46.0 Å². The minimum absolute atomic E-state index is 0.290. The van der Waals surface area contributed by atoms with Crippen molar-refractivity contribution in [3.8, 4) is 0 Å². The van der Waals surface area contributed by atoms with Crippen LogP contribution in [0, 0.1) is 11.8 Å².